The van der Waals surface area contributed by atoms with Gasteiger partial charge in [-0.15, -0.1) is 0 Å². The summed E-state index contributed by atoms with van der Waals surface area (Å²) >= 11 is 0. The summed E-state index contributed by atoms with van der Waals surface area (Å²) in [5.41, 5.74) is 6.03. The molecule has 2 heterocycles. The van der Waals surface area contributed by atoms with Crippen LogP contribution in [0.5, 0.6) is 0 Å². The monoisotopic (exact) mass is 472 g/mol. The molecule has 0 spiro atoms. The highest BCUT2D eigenvalue weighted by molar-refractivity contribution is 6.21. The number of ketones is 2. The van der Waals surface area contributed by atoms with Gasteiger partial charge in [-0.3, -0.25) is 9.59 Å². The summed E-state index contributed by atoms with van der Waals surface area (Å²) in [6.45, 7) is 1.68. The first kappa shape index (κ1) is 22.3. The predicted octanol–water partition coefficient (Wildman–Crippen LogP) is 7.42. The average Bonchev–Trinajstić information content (AvgIpc) is 3.67. The minimum Gasteiger partial charge on any atom is -0.354 e. The van der Waals surface area contributed by atoms with Gasteiger partial charge in [-0.1, -0.05) is 42.5 Å². The fourth-order valence-corrected chi connectivity index (χ4v) is 5.44. The maximum atomic E-state index is 13.2. The number of Topliss-reactive ketones (excluding diaryl/α,β-unsaturated/α-hetero) is 2. The molecule has 2 aromatic heterocycles. The molecule has 36 heavy (non-hydrogen) atoms. The standard InChI is InChI=1S/C32H28N2O2/c35-30(10-6-20-33-16-1-2-17-33)23-12-13-24-26-8-5-9-27-25(14-15-28(32(26)27)29(24)22-23)31(36)11-7-21-34-18-3-4-19-34/h1-5,8-9,12-19,22H,6-7,10-11,20-21H2. The third kappa shape index (κ3) is 4.09. The van der Waals surface area contributed by atoms with E-state index in [1.165, 1.54) is 0 Å². The molecule has 0 bridgehead atoms. The van der Waals surface area contributed by atoms with Gasteiger partial charge in [0.1, 0.15) is 0 Å². The first-order valence-corrected chi connectivity index (χ1v) is 12.7. The van der Waals surface area contributed by atoms with Crippen molar-refractivity contribution in [2.45, 2.75) is 38.8 Å². The van der Waals surface area contributed by atoms with E-state index in [1.807, 2.05) is 73.3 Å². The van der Waals surface area contributed by atoms with Gasteiger partial charge in [-0.05, 0) is 76.2 Å². The summed E-state index contributed by atoms with van der Waals surface area (Å²) in [5, 5.41) is 2.13. The average molecular weight is 473 g/mol. The Bertz CT molecular complexity index is 1560. The fraction of sp³-hybridized carbons (Fsp3) is 0.188. The lowest BCUT2D eigenvalue weighted by molar-refractivity contribution is 0.0971. The molecular formula is C32H28N2O2. The Morgan fingerprint density at radius 1 is 0.583 bits per heavy atom. The second-order valence-electron chi connectivity index (χ2n) is 9.54. The Balaban J connectivity index is 1.24. The zero-order valence-corrected chi connectivity index (χ0v) is 20.2. The Kier molecular flexibility index (Phi) is 5.86. The summed E-state index contributed by atoms with van der Waals surface area (Å²) in [5.74, 6) is 0.354. The Labute approximate surface area is 210 Å². The van der Waals surface area contributed by atoms with Gasteiger partial charge in [0, 0.05) is 61.8 Å². The van der Waals surface area contributed by atoms with Crippen LogP contribution in [-0.2, 0) is 13.1 Å². The van der Waals surface area contributed by atoms with Crippen LogP contribution < -0.4 is 0 Å². The van der Waals surface area contributed by atoms with Crippen molar-refractivity contribution < 1.29 is 9.59 Å². The molecule has 0 atom stereocenters. The zero-order chi connectivity index (χ0) is 24.5. The van der Waals surface area contributed by atoms with E-state index >= 15 is 0 Å². The van der Waals surface area contributed by atoms with Crippen LogP contribution in [-0.4, -0.2) is 20.7 Å². The zero-order valence-electron chi connectivity index (χ0n) is 20.2. The maximum absolute atomic E-state index is 13.2. The third-order valence-corrected chi connectivity index (χ3v) is 7.24. The second kappa shape index (κ2) is 9.46. The van der Waals surface area contributed by atoms with Crippen LogP contribution >= 0.6 is 0 Å². The second-order valence-corrected chi connectivity index (χ2v) is 9.54. The fourth-order valence-electron chi connectivity index (χ4n) is 5.44. The summed E-state index contributed by atoms with van der Waals surface area (Å²) in [4.78, 5) is 26.1. The lowest BCUT2D eigenvalue weighted by atomic mass is 9.94. The van der Waals surface area contributed by atoms with Crippen molar-refractivity contribution in [1.82, 2.24) is 9.13 Å². The van der Waals surface area contributed by atoms with Crippen molar-refractivity contribution in [1.29, 1.82) is 0 Å². The topological polar surface area (TPSA) is 44.0 Å². The van der Waals surface area contributed by atoms with Gasteiger partial charge >= 0.3 is 0 Å². The van der Waals surface area contributed by atoms with Crippen molar-refractivity contribution in [2.24, 2.45) is 0 Å². The molecule has 0 saturated carbocycles. The normalized spacial score (nSPS) is 11.7. The van der Waals surface area contributed by atoms with E-state index in [-0.39, 0.29) is 11.6 Å². The van der Waals surface area contributed by atoms with E-state index in [0.29, 0.717) is 12.8 Å². The lowest BCUT2D eigenvalue weighted by Gasteiger charge is -2.09. The predicted molar refractivity (Wildman–Crippen MR) is 144 cm³/mol. The van der Waals surface area contributed by atoms with Gasteiger partial charge in [0.2, 0.25) is 0 Å². The van der Waals surface area contributed by atoms with Crippen LogP contribution in [0.4, 0.5) is 0 Å². The Hall–Kier alpha value is -4.18. The molecule has 3 aromatic carbocycles. The number of aryl methyl sites for hydroxylation is 2. The number of aromatic nitrogens is 2. The number of carbonyl (C=O) groups excluding carboxylic acids is 2. The van der Waals surface area contributed by atoms with E-state index in [1.54, 1.807) is 0 Å². The SMILES string of the molecule is O=C(CCCn1cccc1)c1ccc2c(c1)-c1ccc(C(=O)CCCn3cccc3)c3cccc-2c13. The van der Waals surface area contributed by atoms with Crippen molar-refractivity contribution >= 4 is 22.3 Å². The molecular weight excluding hydrogens is 444 g/mol. The number of hydrogen-bond donors (Lipinski definition) is 0. The molecule has 1 aliphatic carbocycles. The summed E-state index contributed by atoms with van der Waals surface area (Å²) in [6, 6.07) is 24.3. The van der Waals surface area contributed by atoms with E-state index in [9.17, 15) is 9.59 Å². The number of fused-ring (bicyclic) bond motifs is 3. The molecule has 0 aliphatic heterocycles. The highest BCUT2D eigenvalue weighted by Crippen LogP contribution is 2.48. The van der Waals surface area contributed by atoms with Gasteiger partial charge in [0.25, 0.3) is 0 Å². The molecule has 0 fully saturated rings. The van der Waals surface area contributed by atoms with Crippen LogP contribution in [0.3, 0.4) is 0 Å². The Morgan fingerprint density at radius 2 is 1.19 bits per heavy atom. The van der Waals surface area contributed by atoms with Gasteiger partial charge in [-0.2, -0.15) is 0 Å². The molecule has 4 nitrogen and oxygen atoms in total. The molecule has 5 aromatic rings. The van der Waals surface area contributed by atoms with Crippen molar-refractivity contribution in [3.05, 3.63) is 109 Å². The van der Waals surface area contributed by atoms with Gasteiger partial charge in [0.05, 0.1) is 0 Å². The maximum Gasteiger partial charge on any atom is 0.163 e. The highest BCUT2D eigenvalue weighted by atomic mass is 16.1. The number of benzene rings is 3. The molecule has 0 saturated heterocycles. The Morgan fingerprint density at radius 3 is 1.89 bits per heavy atom. The van der Waals surface area contributed by atoms with Crippen LogP contribution in [0.1, 0.15) is 46.4 Å². The van der Waals surface area contributed by atoms with Gasteiger partial charge in [-0.25, -0.2) is 0 Å². The van der Waals surface area contributed by atoms with Crippen LogP contribution in [0.15, 0.2) is 97.6 Å². The third-order valence-electron chi connectivity index (χ3n) is 7.24. The minimum absolute atomic E-state index is 0.173. The first-order valence-electron chi connectivity index (χ1n) is 12.7. The summed E-state index contributed by atoms with van der Waals surface area (Å²) < 4.78 is 4.21. The van der Waals surface area contributed by atoms with Gasteiger partial charge in [0.15, 0.2) is 11.6 Å². The number of carbonyl (C=O) groups is 2. The number of nitrogens with zero attached hydrogens (tertiary/aromatic N) is 2. The van der Waals surface area contributed by atoms with E-state index in [4.69, 9.17) is 0 Å². The molecule has 0 radical (unpaired) electrons. The molecule has 1 aliphatic rings. The molecule has 6 rings (SSSR count). The number of rotatable bonds is 10. The molecule has 0 unspecified atom stereocenters. The van der Waals surface area contributed by atoms with Gasteiger partial charge < -0.3 is 9.13 Å². The summed E-state index contributed by atoms with van der Waals surface area (Å²) in [6.07, 6.45) is 10.8. The molecule has 178 valence electrons. The van der Waals surface area contributed by atoms with Crippen LogP contribution in [0.2, 0.25) is 0 Å². The van der Waals surface area contributed by atoms with E-state index in [0.717, 1.165) is 70.1 Å². The molecule has 0 N–H and O–H groups in total. The minimum atomic E-state index is 0.173. The van der Waals surface area contributed by atoms with Crippen molar-refractivity contribution in [3.8, 4) is 22.3 Å². The largest absolute Gasteiger partial charge is 0.354 e. The first-order chi connectivity index (χ1) is 17.7. The smallest absolute Gasteiger partial charge is 0.163 e. The van der Waals surface area contributed by atoms with Crippen molar-refractivity contribution in [3.63, 3.8) is 0 Å². The van der Waals surface area contributed by atoms with Crippen molar-refractivity contribution in [2.75, 3.05) is 0 Å². The highest BCUT2D eigenvalue weighted by Gasteiger charge is 2.24. The summed E-state index contributed by atoms with van der Waals surface area (Å²) in [7, 11) is 0. The molecule has 0 amide bonds. The van der Waals surface area contributed by atoms with Crippen LogP contribution in [0.25, 0.3) is 33.0 Å². The quantitative estimate of drug-likeness (QED) is 0.195. The lowest BCUT2D eigenvalue weighted by Crippen LogP contribution is -2.03. The van der Waals surface area contributed by atoms with Crippen LogP contribution in [0, 0.1) is 0 Å². The molecule has 4 heteroatoms. The number of hydrogen-bond acceptors (Lipinski definition) is 2. The van der Waals surface area contributed by atoms with E-state index in [2.05, 4.69) is 33.4 Å². The van der Waals surface area contributed by atoms with E-state index < -0.39 is 0 Å².